The van der Waals surface area contributed by atoms with Gasteiger partial charge in [-0.25, -0.2) is 4.79 Å². The fourth-order valence-corrected chi connectivity index (χ4v) is 0.666. The summed E-state index contributed by atoms with van der Waals surface area (Å²) in [4.78, 5) is 9.56. The van der Waals surface area contributed by atoms with E-state index in [4.69, 9.17) is 4.74 Å². The van der Waals surface area contributed by atoms with Crippen LogP contribution in [0.5, 0.6) is 0 Å². The summed E-state index contributed by atoms with van der Waals surface area (Å²) in [6.07, 6.45) is 2.86. The fourth-order valence-electron chi connectivity index (χ4n) is 0.666. The van der Waals surface area contributed by atoms with Gasteiger partial charge in [-0.1, -0.05) is 6.92 Å². The first-order valence-corrected chi connectivity index (χ1v) is 3.98. The lowest BCUT2D eigenvalue weighted by Gasteiger charge is -2.00. The molecule has 0 rings (SSSR count). The van der Waals surface area contributed by atoms with Crippen LogP contribution in [0.1, 0.15) is 26.2 Å². The van der Waals surface area contributed by atoms with Crippen LogP contribution >= 0.6 is 0 Å². The van der Waals surface area contributed by atoms with Crippen molar-refractivity contribution >= 4 is 6.47 Å². The van der Waals surface area contributed by atoms with Crippen molar-refractivity contribution < 1.29 is 14.3 Å². The lowest BCUT2D eigenvalue weighted by atomic mass is 10.3. The number of hydrogen-bond acceptors (Lipinski definition) is 3. The van der Waals surface area contributed by atoms with Crippen LogP contribution < -0.4 is 0 Å². The molecule has 65 valence electrons. The van der Waals surface area contributed by atoms with Crippen molar-refractivity contribution in [2.75, 3.05) is 19.8 Å². The number of carbonyl (C=O) groups excluding carboxylic acids is 1. The predicted octanol–water partition coefficient (Wildman–Crippen LogP) is 1.28. The monoisotopic (exact) mass is 159 g/mol. The molecule has 3 heteroatoms. The molecule has 0 fully saturated rings. The smallest absolute Gasteiger partial charge is 0.417 e. The normalized spacial score (nSPS) is 9.55. The van der Waals surface area contributed by atoms with E-state index >= 15 is 0 Å². The Bertz CT molecular complexity index is 83.4. The predicted molar refractivity (Wildman–Crippen MR) is 42.0 cm³/mol. The van der Waals surface area contributed by atoms with Crippen molar-refractivity contribution in [1.82, 2.24) is 0 Å². The highest BCUT2D eigenvalue weighted by atomic mass is 16.5. The third kappa shape index (κ3) is 9.43. The molecule has 0 aromatic heterocycles. The van der Waals surface area contributed by atoms with Gasteiger partial charge in [-0.2, -0.15) is 0 Å². The topological polar surface area (TPSA) is 35.5 Å². The zero-order valence-electron chi connectivity index (χ0n) is 6.97. The van der Waals surface area contributed by atoms with Crippen molar-refractivity contribution in [3.63, 3.8) is 0 Å². The second-order valence-corrected chi connectivity index (χ2v) is 2.25. The van der Waals surface area contributed by atoms with E-state index in [-0.39, 0.29) is 0 Å². The van der Waals surface area contributed by atoms with Crippen LogP contribution in [0.15, 0.2) is 0 Å². The van der Waals surface area contributed by atoms with Gasteiger partial charge in [-0.3, -0.25) is 0 Å². The average molecular weight is 159 g/mol. The van der Waals surface area contributed by atoms with Crippen molar-refractivity contribution in [2.45, 2.75) is 26.2 Å². The summed E-state index contributed by atoms with van der Waals surface area (Å²) in [7, 11) is 0. The summed E-state index contributed by atoms with van der Waals surface area (Å²) < 4.78 is 9.59. The number of hydrogen-bond donors (Lipinski definition) is 0. The maximum absolute atomic E-state index is 9.56. The molecule has 0 saturated heterocycles. The molecule has 0 aromatic carbocycles. The van der Waals surface area contributed by atoms with Crippen molar-refractivity contribution in [1.29, 1.82) is 0 Å². The molecule has 0 aliphatic rings. The molecule has 0 saturated carbocycles. The molecule has 0 aliphatic heterocycles. The van der Waals surface area contributed by atoms with Gasteiger partial charge in [0.25, 0.3) is 0 Å². The summed E-state index contributed by atoms with van der Waals surface area (Å²) in [6, 6.07) is 0. The van der Waals surface area contributed by atoms with Crippen LogP contribution in [0.25, 0.3) is 0 Å². The van der Waals surface area contributed by atoms with Crippen LogP contribution in [0.4, 0.5) is 0 Å². The summed E-state index contributed by atoms with van der Waals surface area (Å²) in [6.45, 7) is 5.49. The quantitative estimate of drug-likeness (QED) is 0.500. The van der Waals surface area contributed by atoms with Gasteiger partial charge in [-0.05, 0) is 19.3 Å². The molecule has 11 heavy (non-hydrogen) atoms. The highest BCUT2D eigenvalue weighted by Gasteiger charge is 1.88. The van der Waals surface area contributed by atoms with E-state index in [1.165, 1.54) is 6.47 Å². The van der Waals surface area contributed by atoms with E-state index in [0.717, 1.165) is 32.5 Å². The first-order valence-electron chi connectivity index (χ1n) is 3.98. The Labute approximate surface area is 67.7 Å². The maximum atomic E-state index is 9.56. The molecular formula is C8H15O3. The van der Waals surface area contributed by atoms with E-state index in [2.05, 4.69) is 11.7 Å². The minimum Gasteiger partial charge on any atom is -0.457 e. The Morgan fingerprint density at radius 2 is 1.91 bits per heavy atom. The maximum Gasteiger partial charge on any atom is 0.417 e. The van der Waals surface area contributed by atoms with Crippen LogP contribution in [-0.2, 0) is 14.3 Å². The van der Waals surface area contributed by atoms with Crippen molar-refractivity contribution in [2.24, 2.45) is 0 Å². The average Bonchev–Trinajstić information content (AvgIpc) is 2.03. The lowest BCUT2D eigenvalue weighted by molar-refractivity contribution is 0.126. The summed E-state index contributed by atoms with van der Waals surface area (Å²) in [5, 5.41) is 0. The van der Waals surface area contributed by atoms with Gasteiger partial charge in [0, 0.05) is 13.2 Å². The summed E-state index contributed by atoms with van der Waals surface area (Å²) in [5.74, 6) is 0. The van der Waals surface area contributed by atoms with Crippen LogP contribution in [0, 0.1) is 0 Å². The molecule has 1 radical (unpaired) electrons. The number of rotatable bonds is 8. The SMILES string of the molecule is CCCOCCCCO[C]=O. The Kier molecular flexibility index (Phi) is 8.94. The Morgan fingerprint density at radius 3 is 2.55 bits per heavy atom. The molecule has 0 N–H and O–H groups in total. The van der Waals surface area contributed by atoms with Crippen LogP contribution in [0.3, 0.4) is 0 Å². The van der Waals surface area contributed by atoms with Gasteiger partial charge in [0.05, 0.1) is 6.61 Å². The zero-order valence-corrected chi connectivity index (χ0v) is 6.97. The minimum atomic E-state index is 0.457. The highest BCUT2D eigenvalue weighted by Crippen LogP contribution is 1.90. The molecule has 0 aliphatic carbocycles. The first kappa shape index (κ1) is 10.4. The lowest BCUT2D eigenvalue weighted by Crippen LogP contribution is -1.98. The molecule has 0 amide bonds. The van der Waals surface area contributed by atoms with Gasteiger partial charge in [0.2, 0.25) is 0 Å². The standard InChI is InChI=1S/C8H15O3/c1-2-5-10-6-3-4-7-11-8-9/h2-7H2,1H3. The zero-order chi connectivity index (χ0) is 8.36. The van der Waals surface area contributed by atoms with E-state index < -0.39 is 0 Å². The van der Waals surface area contributed by atoms with Gasteiger partial charge in [-0.15, -0.1) is 0 Å². The van der Waals surface area contributed by atoms with Crippen LogP contribution in [-0.4, -0.2) is 26.3 Å². The second-order valence-electron chi connectivity index (χ2n) is 2.25. The molecule has 0 aromatic rings. The van der Waals surface area contributed by atoms with Gasteiger partial charge in [0.15, 0.2) is 0 Å². The number of ether oxygens (including phenoxy) is 2. The minimum absolute atomic E-state index is 0.457. The molecule has 0 heterocycles. The van der Waals surface area contributed by atoms with E-state index in [9.17, 15) is 4.79 Å². The van der Waals surface area contributed by atoms with Crippen molar-refractivity contribution in [3.05, 3.63) is 0 Å². The largest absolute Gasteiger partial charge is 0.457 e. The third-order valence-corrected chi connectivity index (χ3v) is 1.19. The third-order valence-electron chi connectivity index (χ3n) is 1.19. The molecule has 0 unspecified atom stereocenters. The van der Waals surface area contributed by atoms with E-state index in [0.29, 0.717) is 6.61 Å². The van der Waals surface area contributed by atoms with Crippen LogP contribution in [0.2, 0.25) is 0 Å². The van der Waals surface area contributed by atoms with Gasteiger partial charge >= 0.3 is 6.47 Å². The molecule has 0 atom stereocenters. The molecule has 0 spiro atoms. The number of unbranched alkanes of at least 4 members (excludes halogenated alkanes) is 1. The van der Waals surface area contributed by atoms with Gasteiger partial charge in [0.1, 0.15) is 0 Å². The summed E-state index contributed by atoms with van der Waals surface area (Å²) >= 11 is 0. The first-order chi connectivity index (χ1) is 5.41. The molecular weight excluding hydrogens is 144 g/mol. The van der Waals surface area contributed by atoms with E-state index in [1.54, 1.807) is 0 Å². The fraction of sp³-hybridized carbons (Fsp3) is 0.875. The van der Waals surface area contributed by atoms with E-state index in [1.807, 2.05) is 0 Å². The Morgan fingerprint density at radius 1 is 1.18 bits per heavy atom. The van der Waals surface area contributed by atoms with Crippen molar-refractivity contribution in [3.8, 4) is 0 Å². The Balaban J connectivity index is 2.74. The van der Waals surface area contributed by atoms with Gasteiger partial charge < -0.3 is 9.47 Å². The highest BCUT2D eigenvalue weighted by molar-refractivity contribution is 5.37. The molecule has 3 nitrogen and oxygen atoms in total. The second kappa shape index (κ2) is 9.43. The molecule has 0 bridgehead atoms. The summed E-state index contributed by atoms with van der Waals surface area (Å²) in [5.41, 5.74) is 0. The Hall–Kier alpha value is -0.570.